The number of thiophene rings is 1. The van der Waals surface area contributed by atoms with Gasteiger partial charge in [-0.05, 0) is 37.6 Å². The highest BCUT2D eigenvalue weighted by molar-refractivity contribution is 7.93. The quantitative estimate of drug-likeness (QED) is 0.885. The molecule has 2 N–H and O–H groups in total. The first-order valence-corrected chi connectivity index (χ1v) is 8.06. The zero-order valence-corrected chi connectivity index (χ0v) is 12.3. The van der Waals surface area contributed by atoms with Crippen LogP contribution in [0.25, 0.3) is 0 Å². The summed E-state index contributed by atoms with van der Waals surface area (Å²) in [5.74, 6) is 0. The molecule has 2 heterocycles. The summed E-state index contributed by atoms with van der Waals surface area (Å²) in [7, 11) is -1.78. The van der Waals surface area contributed by atoms with Crippen molar-refractivity contribution in [1.29, 1.82) is 0 Å². The van der Waals surface area contributed by atoms with Gasteiger partial charge in [-0.1, -0.05) is 0 Å². The number of nitrogens with one attached hydrogen (secondary N) is 2. The minimum atomic E-state index is -3.56. The second kappa shape index (κ2) is 5.68. The lowest BCUT2D eigenvalue weighted by Crippen LogP contribution is -2.16. The van der Waals surface area contributed by atoms with Crippen molar-refractivity contribution in [3.63, 3.8) is 0 Å². The van der Waals surface area contributed by atoms with Crippen LogP contribution in [0, 0.1) is 6.92 Å². The van der Waals surface area contributed by atoms with Gasteiger partial charge in [0.05, 0.1) is 11.4 Å². The van der Waals surface area contributed by atoms with Crippen LogP contribution in [0.5, 0.6) is 0 Å². The van der Waals surface area contributed by atoms with Crippen LogP contribution in [0.2, 0.25) is 0 Å². The predicted octanol–water partition coefficient (Wildman–Crippen LogP) is 1.97. The monoisotopic (exact) mass is 297 g/mol. The van der Waals surface area contributed by atoms with Crippen molar-refractivity contribution in [2.45, 2.75) is 18.4 Å². The molecule has 0 aliphatic carbocycles. The van der Waals surface area contributed by atoms with Crippen LogP contribution in [0.4, 0.5) is 5.69 Å². The molecule has 5 nitrogen and oxygen atoms in total. The number of aryl methyl sites for hydroxylation is 1. The maximum atomic E-state index is 12.4. The Balaban J connectivity index is 2.33. The third kappa shape index (κ3) is 3.12. The third-order valence-electron chi connectivity index (χ3n) is 2.58. The molecule has 102 valence electrons. The zero-order chi connectivity index (χ0) is 13.9. The molecule has 0 aromatic carbocycles. The van der Waals surface area contributed by atoms with Crippen molar-refractivity contribution in [2.75, 3.05) is 11.8 Å². The van der Waals surface area contributed by atoms with Crippen LogP contribution in [0.1, 0.15) is 10.6 Å². The molecular formula is C12H15N3O2S2. The van der Waals surface area contributed by atoms with E-state index < -0.39 is 10.0 Å². The molecular weight excluding hydrogens is 282 g/mol. The summed E-state index contributed by atoms with van der Waals surface area (Å²) in [6, 6.07) is 5.02. The summed E-state index contributed by atoms with van der Waals surface area (Å²) in [6.07, 6.45) is 1.63. The van der Waals surface area contributed by atoms with Gasteiger partial charge in [0.25, 0.3) is 10.0 Å². The molecule has 0 atom stereocenters. The van der Waals surface area contributed by atoms with E-state index in [0.717, 1.165) is 4.88 Å². The van der Waals surface area contributed by atoms with Crippen molar-refractivity contribution in [3.8, 4) is 0 Å². The van der Waals surface area contributed by atoms with Gasteiger partial charge in [0, 0.05) is 17.6 Å². The Morgan fingerprint density at radius 2 is 2.16 bits per heavy atom. The van der Waals surface area contributed by atoms with E-state index in [9.17, 15) is 8.42 Å². The van der Waals surface area contributed by atoms with Crippen molar-refractivity contribution in [3.05, 3.63) is 40.3 Å². The van der Waals surface area contributed by atoms with E-state index in [1.54, 1.807) is 43.7 Å². The topological polar surface area (TPSA) is 71.1 Å². The average molecular weight is 297 g/mol. The summed E-state index contributed by atoms with van der Waals surface area (Å²) in [6.45, 7) is 2.29. The molecule has 7 heteroatoms. The number of sulfonamides is 1. The fourth-order valence-electron chi connectivity index (χ4n) is 1.65. The fourth-order valence-corrected chi connectivity index (χ4v) is 4.22. The van der Waals surface area contributed by atoms with Gasteiger partial charge in [0.1, 0.15) is 4.90 Å². The van der Waals surface area contributed by atoms with Crippen molar-refractivity contribution < 1.29 is 8.42 Å². The maximum Gasteiger partial charge on any atom is 0.263 e. The Labute approximate surface area is 116 Å². The molecule has 0 aliphatic rings. The Morgan fingerprint density at radius 3 is 2.84 bits per heavy atom. The number of aromatic nitrogens is 1. The predicted molar refractivity (Wildman–Crippen MR) is 76.9 cm³/mol. The first kappa shape index (κ1) is 14.0. The molecule has 0 aliphatic heterocycles. The molecule has 0 unspecified atom stereocenters. The normalized spacial score (nSPS) is 11.5. The maximum absolute atomic E-state index is 12.4. The number of anilines is 1. The lowest BCUT2D eigenvalue weighted by atomic mass is 10.3. The fraction of sp³-hybridized carbons (Fsp3) is 0.250. The van der Waals surface area contributed by atoms with Gasteiger partial charge < -0.3 is 5.32 Å². The van der Waals surface area contributed by atoms with Gasteiger partial charge in [-0.2, -0.15) is 0 Å². The number of rotatable bonds is 5. The van der Waals surface area contributed by atoms with E-state index in [1.165, 1.54) is 11.3 Å². The number of hydrogen-bond acceptors (Lipinski definition) is 5. The van der Waals surface area contributed by atoms with Crippen molar-refractivity contribution in [1.82, 2.24) is 10.3 Å². The molecule has 2 aromatic heterocycles. The Kier molecular flexibility index (Phi) is 4.18. The Hall–Kier alpha value is -1.44. The Morgan fingerprint density at radius 1 is 1.37 bits per heavy atom. The van der Waals surface area contributed by atoms with E-state index in [0.29, 0.717) is 22.8 Å². The van der Waals surface area contributed by atoms with Crippen LogP contribution in [-0.2, 0) is 16.6 Å². The molecule has 0 fully saturated rings. The highest BCUT2D eigenvalue weighted by atomic mass is 32.2. The molecule has 2 aromatic rings. The highest BCUT2D eigenvalue weighted by Crippen LogP contribution is 2.24. The van der Waals surface area contributed by atoms with Crippen LogP contribution in [-0.4, -0.2) is 20.4 Å². The second-order valence-corrected chi connectivity index (χ2v) is 6.63. The van der Waals surface area contributed by atoms with E-state index in [1.807, 2.05) is 0 Å². The molecule has 2 rings (SSSR count). The van der Waals surface area contributed by atoms with Gasteiger partial charge in [-0.3, -0.25) is 9.71 Å². The summed E-state index contributed by atoms with van der Waals surface area (Å²) in [5, 5.41) is 4.74. The van der Waals surface area contributed by atoms with Crippen LogP contribution in [0.15, 0.2) is 34.7 Å². The Bertz CT molecular complexity index is 665. The van der Waals surface area contributed by atoms with Gasteiger partial charge in [0.2, 0.25) is 0 Å². The first-order chi connectivity index (χ1) is 9.04. The van der Waals surface area contributed by atoms with E-state index in [-0.39, 0.29) is 0 Å². The molecule has 0 spiro atoms. The van der Waals surface area contributed by atoms with E-state index >= 15 is 0 Å². The minimum Gasteiger partial charge on any atom is -0.315 e. The third-order valence-corrected chi connectivity index (χ3v) is 5.08. The standard InChI is InChI=1S/C12H15N3O2S2/c1-9-10(4-3-6-14-9)15-19(16,17)12-5-7-18-11(12)8-13-2/h3-7,13,15H,8H2,1-2H3. The zero-order valence-electron chi connectivity index (χ0n) is 10.7. The average Bonchev–Trinajstić information content (AvgIpc) is 2.81. The van der Waals surface area contributed by atoms with Crippen LogP contribution in [0.3, 0.4) is 0 Å². The molecule has 0 saturated carbocycles. The molecule has 19 heavy (non-hydrogen) atoms. The number of hydrogen-bond donors (Lipinski definition) is 2. The number of pyridine rings is 1. The van der Waals surface area contributed by atoms with Crippen molar-refractivity contribution in [2.24, 2.45) is 0 Å². The lowest BCUT2D eigenvalue weighted by Gasteiger charge is -2.10. The minimum absolute atomic E-state index is 0.315. The lowest BCUT2D eigenvalue weighted by molar-refractivity contribution is 0.600. The molecule has 0 radical (unpaired) electrons. The molecule has 0 amide bonds. The van der Waals surface area contributed by atoms with E-state index in [2.05, 4.69) is 15.0 Å². The van der Waals surface area contributed by atoms with Gasteiger partial charge in [0.15, 0.2) is 0 Å². The summed E-state index contributed by atoms with van der Waals surface area (Å²) in [4.78, 5) is 5.17. The summed E-state index contributed by atoms with van der Waals surface area (Å²) < 4.78 is 27.3. The van der Waals surface area contributed by atoms with Crippen molar-refractivity contribution >= 4 is 27.0 Å². The van der Waals surface area contributed by atoms with Gasteiger partial charge in [-0.25, -0.2) is 8.42 Å². The summed E-state index contributed by atoms with van der Waals surface area (Å²) in [5.41, 5.74) is 1.15. The first-order valence-electron chi connectivity index (χ1n) is 5.70. The smallest absolute Gasteiger partial charge is 0.263 e. The van der Waals surface area contributed by atoms with E-state index in [4.69, 9.17) is 0 Å². The number of nitrogens with zero attached hydrogens (tertiary/aromatic N) is 1. The summed E-state index contributed by atoms with van der Waals surface area (Å²) >= 11 is 1.42. The SMILES string of the molecule is CNCc1sccc1S(=O)(=O)Nc1cccnc1C. The highest BCUT2D eigenvalue weighted by Gasteiger charge is 2.20. The second-order valence-electron chi connectivity index (χ2n) is 3.98. The van der Waals surface area contributed by atoms with Crippen LogP contribution >= 0.6 is 11.3 Å². The molecule has 0 bridgehead atoms. The van der Waals surface area contributed by atoms with Crippen LogP contribution < -0.4 is 10.0 Å². The largest absolute Gasteiger partial charge is 0.315 e. The molecule has 0 saturated heterocycles. The van der Waals surface area contributed by atoms with Gasteiger partial charge >= 0.3 is 0 Å². The van der Waals surface area contributed by atoms with Gasteiger partial charge in [-0.15, -0.1) is 11.3 Å².